The fourth-order valence-corrected chi connectivity index (χ4v) is 2.90. The molecule has 1 unspecified atom stereocenters. The van der Waals surface area contributed by atoms with Crippen LogP contribution in [0, 0.1) is 0 Å². The lowest BCUT2D eigenvalue weighted by Gasteiger charge is -2.30. The summed E-state index contributed by atoms with van der Waals surface area (Å²) in [5, 5.41) is 3.51. The summed E-state index contributed by atoms with van der Waals surface area (Å²) < 4.78 is 0.920. The average Bonchev–Trinajstić information content (AvgIpc) is 2.85. The summed E-state index contributed by atoms with van der Waals surface area (Å²) >= 11 is 3.37. The molecule has 106 valence electrons. The van der Waals surface area contributed by atoms with Crippen molar-refractivity contribution >= 4 is 21.8 Å². The minimum Gasteiger partial charge on any atom is -0.356 e. The van der Waals surface area contributed by atoms with E-state index in [1.54, 1.807) is 6.20 Å². The molecule has 1 amide bonds. The van der Waals surface area contributed by atoms with E-state index in [0.717, 1.165) is 30.5 Å². The molecule has 4 nitrogen and oxygen atoms in total. The molecule has 0 bridgehead atoms. The van der Waals surface area contributed by atoms with Crippen molar-refractivity contribution in [3.8, 4) is 0 Å². The number of halogens is 1. The zero-order valence-corrected chi connectivity index (χ0v) is 13.0. The van der Waals surface area contributed by atoms with Gasteiger partial charge in [-0.25, -0.2) is 0 Å². The van der Waals surface area contributed by atoms with Gasteiger partial charge >= 0.3 is 0 Å². The Balaban J connectivity index is 1.99. The predicted molar refractivity (Wildman–Crippen MR) is 80.3 cm³/mol. The molecular formula is C14H22BrN3O. The number of amides is 1. The fourth-order valence-electron chi connectivity index (χ4n) is 2.55. The molecule has 0 spiro atoms. The summed E-state index contributed by atoms with van der Waals surface area (Å²) in [4.78, 5) is 17.5. The molecule has 1 aliphatic heterocycles. The minimum atomic E-state index is 0.0972. The van der Waals surface area contributed by atoms with E-state index in [1.807, 2.05) is 11.0 Å². The molecule has 2 rings (SSSR count). The molecule has 2 heterocycles. The van der Waals surface area contributed by atoms with Crippen molar-refractivity contribution in [3.63, 3.8) is 0 Å². The maximum absolute atomic E-state index is 12.5. The smallest absolute Gasteiger partial charge is 0.270 e. The van der Waals surface area contributed by atoms with Crippen LogP contribution >= 0.6 is 15.9 Å². The summed E-state index contributed by atoms with van der Waals surface area (Å²) in [6.07, 6.45) is 6.47. The molecule has 1 aromatic heterocycles. The molecule has 0 aliphatic carbocycles. The molecule has 0 aromatic carbocycles. The minimum absolute atomic E-state index is 0.0972. The molecule has 2 N–H and O–H groups in total. The van der Waals surface area contributed by atoms with Gasteiger partial charge in [0.15, 0.2) is 0 Å². The van der Waals surface area contributed by atoms with Gasteiger partial charge in [0, 0.05) is 29.8 Å². The molecular weight excluding hydrogens is 306 g/mol. The van der Waals surface area contributed by atoms with E-state index in [0.29, 0.717) is 11.7 Å². The van der Waals surface area contributed by atoms with Crippen LogP contribution in [0.25, 0.3) is 0 Å². The van der Waals surface area contributed by atoms with Gasteiger partial charge in [0.05, 0.1) is 0 Å². The third-order valence-corrected chi connectivity index (χ3v) is 3.97. The molecule has 0 radical (unpaired) electrons. The van der Waals surface area contributed by atoms with E-state index in [4.69, 9.17) is 0 Å². The summed E-state index contributed by atoms with van der Waals surface area (Å²) in [6.45, 7) is 4.81. The van der Waals surface area contributed by atoms with Gasteiger partial charge in [0.1, 0.15) is 5.69 Å². The highest BCUT2D eigenvalue weighted by Crippen LogP contribution is 2.14. The molecule has 19 heavy (non-hydrogen) atoms. The Morgan fingerprint density at radius 2 is 2.37 bits per heavy atom. The first-order valence-corrected chi connectivity index (χ1v) is 7.86. The topological polar surface area (TPSA) is 48.1 Å². The second-order valence-corrected chi connectivity index (χ2v) is 6.05. The number of nitrogens with zero attached hydrogens (tertiary/aromatic N) is 1. The van der Waals surface area contributed by atoms with Crippen molar-refractivity contribution in [1.29, 1.82) is 0 Å². The first kappa shape index (κ1) is 14.6. The zero-order chi connectivity index (χ0) is 13.7. The van der Waals surface area contributed by atoms with Crippen molar-refractivity contribution in [2.24, 2.45) is 0 Å². The van der Waals surface area contributed by atoms with Crippen LogP contribution in [0.5, 0.6) is 0 Å². The van der Waals surface area contributed by atoms with Crippen molar-refractivity contribution in [1.82, 2.24) is 15.2 Å². The van der Waals surface area contributed by atoms with Crippen molar-refractivity contribution < 1.29 is 4.79 Å². The summed E-state index contributed by atoms with van der Waals surface area (Å²) in [6, 6.07) is 2.29. The van der Waals surface area contributed by atoms with E-state index >= 15 is 0 Å². The first-order valence-electron chi connectivity index (χ1n) is 7.07. The Kier molecular flexibility index (Phi) is 5.45. The number of nitrogens with one attached hydrogen (secondary N) is 2. The van der Waals surface area contributed by atoms with Crippen LogP contribution in [0.1, 0.15) is 43.1 Å². The van der Waals surface area contributed by atoms with Gasteiger partial charge in [0.2, 0.25) is 0 Å². The number of rotatable bonds is 5. The number of piperidine rings is 1. The maximum atomic E-state index is 12.5. The predicted octanol–water partition coefficient (Wildman–Crippen LogP) is 2.77. The second kappa shape index (κ2) is 7.10. The molecule has 1 saturated heterocycles. The number of hydrogen-bond donors (Lipinski definition) is 2. The van der Waals surface area contributed by atoms with Gasteiger partial charge in [-0.05, 0) is 47.8 Å². The van der Waals surface area contributed by atoms with Crippen LogP contribution in [0.4, 0.5) is 0 Å². The normalized spacial score (nSPS) is 19.4. The zero-order valence-electron chi connectivity index (χ0n) is 11.4. The Bertz CT molecular complexity index is 413. The van der Waals surface area contributed by atoms with Crippen molar-refractivity contribution in [2.75, 3.05) is 19.6 Å². The Hall–Kier alpha value is -0.810. The van der Waals surface area contributed by atoms with Gasteiger partial charge < -0.3 is 15.2 Å². The van der Waals surface area contributed by atoms with Crippen LogP contribution in [0.15, 0.2) is 16.7 Å². The van der Waals surface area contributed by atoms with Crippen LogP contribution in [-0.2, 0) is 0 Å². The number of aromatic nitrogens is 1. The molecule has 1 fully saturated rings. The number of carbonyl (C=O) groups excluding carboxylic acids is 1. The lowest BCUT2D eigenvalue weighted by atomic mass is 10.0. The number of H-pyrrole nitrogens is 1. The number of carbonyl (C=O) groups is 1. The fraction of sp³-hybridized carbons (Fsp3) is 0.643. The van der Waals surface area contributed by atoms with Crippen LogP contribution < -0.4 is 5.32 Å². The van der Waals surface area contributed by atoms with Crippen molar-refractivity contribution in [2.45, 2.75) is 38.6 Å². The van der Waals surface area contributed by atoms with Crippen molar-refractivity contribution in [3.05, 3.63) is 22.4 Å². The van der Waals surface area contributed by atoms with Crippen LogP contribution in [-0.4, -0.2) is 41.5 Å². The second-order valence-electron chi connectivity index (χ2n) is 5.13. The third kappa shape index (κ3) is 4.08. The highest BCUT2D eigenvalue weighted by molar-refractivity contribution is 9.10. The maximum Gasteiger partial charge on any atom is 0.270 e. The van der Waals surface area contributed by atoms with E-state index in [9.17, 15) is 4.79 Å². The van der Waals surface area contributed by atoms with E-state index < -0.39 is 0 Å². The van der Waals surface area contributed by atoms with E-state index in [-0.39, 0.29) is 5.91 Å². The average molecular weight is 328 g/mol. The summed E-state index contributed by atoms with van der Waals surface area (Å²) in [5.74, 6) is 0.0972. The molecule has 1 aliphatic rings. The van der Waals surface area contributed by atoms with E-state index in [1.165, 1.54) is 19.3 Å². The lowest BCUT2D eigenvalue weighted by molar-refractivity contribution is 0.0726. The Morgan fingerprint density at radius 3 is 2.95 bits per heavy atom. The van der Waals surface area contributed by atoms with Gasteiger partial charge in [-0.2, -0.15) is 0 Å². The molecule has 5 heteroatoms. The highest BCUT2D eigenvalue weighted by Gasteiger charge is 2.21. The molecule has 1 atom stereocenters. The van der Waals surface area contributed by atoms with Crippen LogP contribution in [0.2, 0.25) is 0 Å². The summed E-state index contributed by atoms with van der Waals surface area (Å²) in [7, 11) is 0. The number of hydrogen-bond acceptors (Lipinski definition) is 2. The largest absolute Gasteiger partial charge is 0.356 e. The monoisotopic (exact) mass is 327 g/mol. The van der Waals surface area contributed by atoms with Gasteiger partial charge in [0.25, 0.3) is 5.91 Å². The van der Waals surface area contributed by atoms with Gasteiger partial charge in [-0.1, -0.05) is 13.3 Å². The van der Waals surface area contributed by atoms with Crippen LogP contribution in [0.3, 0.4) is 0 Å². The molecule has 1 aromatic rings. The first-order chi connectivity index (χ1) is 9.20. The van der Waals surface area contributed by atoms with E-state index in [2.05, 4.69) is 33.2 Å². The quantitative estimate of drug-likeness (QED) is 0.873. The Morgan fingerprint density at radius 1 is 1.53 bits per heavy atom. The highest BCUT2D eigenvalue weighted by atomic mass is 79.9. The molecule has 0 saturated carbocycles. The third-order valence-electron chi connectivity index (χ3n) is 3.51. The Labute approximate surface area is 123 Å². The lowest BCUT2D eigenvalue weighted by Crippen LogP contribution is -2.46. The SMILES string of the molecule is CCCN(CC1CCCCN1)C(=O)c1cc(Br)c[nH]1. The summed E-state index contributed by atoms with van der Waals surface area (Å²) in [5.41, 5.74) is 0.663. The standard InChI is InChI=1S/C14H22BrN3O/c1-2-7-18(10-12-5-3-4-6-16-12)14(19)13-8-11(15)9-17-13/h8-9,12,16-17H,2-7,10H2,1H3. The van der Waals surface area contributed by atoms with Gasteiger partial charge in [-0.3, -0.25) is 4.79 Å². The number of aromatic amines is 1. The van der Waals surface area contributed by atoms with Gasteiger partial charge in [-0.15, -0.1) is 0 Å².